The van der Waals surface area contributed by atoms with E-state index in [0.29, 0.717) is 28.8 Å². The molecule has 0 amide bonds. The van der Waals surface area contributed by atoms with Gasteiger partial charge in [-0.15, -0.1) is 5.10 Å². The molecule has 0 saturated carbocycles. The highest BCUT2D eigenvalue weighted by Gasteiger charge is 2.10. The summed E-state index contributed by atoms with van der Waals surface area (Å²) < 4.78 is 17.2. The molecule has 0 bridgehead atoms. The van der Waals surface area contributed by atoms with Crippen LogP contribution in [0.2, 0.25) is 0 Å². The monoisotopic (exact) mass is 386 g/mol. The van der Waals surface area contributed by atoms with E-state index in [9.17, 15) is 4.79 Å². The molecule has 0 aliphatic rings. The topological polar surface area (TPSA) is 88.4 Å². The molecule has 0 unspecified atom stereocenters. The second-order valence-corrected chi connectivity index (χ2v) is 6.35. The summed E-state index contributed by atoms with van der Waals surface area (Å²) in [4.78, 5) is 11.5. The maximum absolute atomic E-state index is 11.5. The quantitative estimate of drug-likeness (QED) is 0.332. The Morgan fingerprint density at radius 3 is 2.67 bits per heavy atom. The normalized spacial score (nSPS) is 10.4. The van der Waals surface area contributed by atoms with Gasteiger partial charge in [0.15, 0.2) is 0 Å². The van der Waals surface area contributed by atoms with Crippen LogP contribution in [0.3, 0.4) is 0 Å². The molecule has 1 heterocycles. The van der Waals surface area contributed by atoms with Gasteiger partial charge in [-0.25, -0.2) is 4.79 Å². The molecular formula is C18H18N4O4S. The van der Waals surface area contributed by atoms with E-state index in [1.54, 1.807) is 36.1 Å². The molecule has 27 heavy (non-hydrogen) atoms. The molecule has 3 aromatic rings. The fraction of sp³-hybridized carbons (Fsp3) is 0.222. The predicted octanol–water partition coefficient (Wildman–Crippen LogP) is 2.63. The number of tetrazole rings is 1. The number of hydrogen-bond donors (Lipinski definition) is 0. The molecule has 0 N–H and O–H groups in total. The Morgan fingerprint density at radius 1 is 1.11 bits per heavy atom. The Hall–Kier alpha value is -3.07. The van der Waals surface area contributed by atoms with Gasteiger partial charge in [0.1, 0.15) is 11.5 Å². The van der Waals surface area contributed by atoms with Crippen molar-refractivity contribution in [3.05, 3.63) is 54.1 Å². The van der Waals surface area contributed by atoms with Gasteiger partial charge >= 0.3 is 5.97 Å². The number of esters is 1. The molecule has 140 valence electrons. The fourth-order valence-corrected chi connectivity index (χ4v) is 2.99. The van der Waals surface area contributed by atoms with Gasteiger partial charge < -0.3 is 14.2 Å². The van der Waals surface area contributed by atoms with Crippen molar-refractivity contribution in [2.45, 2.75) is 5.16 Å². The Balaban J connectivity index is 1.56. The van der Waals surface area contributed by atoms with Crippen LogP contribution < -0.4 is 9.47 Å². The first kappa shape index (κ1) is 18.7. The summed E-state index contributed by atoms with van der Waals surface area (Å²) in [5.74, 6) is 1.62. The van der Waals surface area contributed by atoms with Crippen LogP contribution in [0.1, 0.15) is 10.4 Å². The zero-order chi connectivity index (χ0) is 19.1. The minimum Gasteiger partial charge on any atom is -0.497 e. The molecule has 0 aliphatic carbocycles. The van der Waals surface area contributed by atoms with Gasteiger partial charge in [0.25, 0.3) is 0 Å². The lowest BCUT2D eigenvalue weighted by Gasteiger charge is -2.08. The average Bonchev–Trinajstić information content (AvgIpc) is 3.19. The second-order valence-electron chi connectivity index (χ2n) is 5.29. The second kappa shape index (κ2) is 9.04. The third-order valence-corrected chi connectivity index (χ3v) is 4.48. The van der Waals surface area contributed by atoms with Crippen molar-refractivity contribution in [2.75, 3.05) is 26.6 Å². The van der Waals surface area contributed by atoms with Crippen LogP contribution in [0.4, 0.5) is 0 Å². The van der Waals surface area contributed by atoms with E-state index in [2.05, 4.69) is 15.5 Å². The molecule has 0 atom stereocenters. The van der Waals surface area contributed by atoms with Crippen LogP contribution in [-0.2, 0) is 4.74 Å². The van der Waals surface area contributed by atoms with E-state index < -0.39 is 5.97 Å². The highest BCUT2D eigenvalue weighted by molar-refractivity contribution is 7.99. The zero-order valence-corrected chi connectivity index (χ0v) is 15.7. The van der Waals surface area contributed by atoms with Gasteiger partial charge in [-0.05, 0) is 52.9 Å². The highest BCUT2D eigenvalue weighted by Crippen LogP contribution is 2.21. The summed E-state index contributed by atoms with van der Waals surface area (Å²) >= 11 is 1.47. The molecule has 9 heteroatoms. The molecule has 8 nitrogen and oxygen atoms in total. The first-order valence-corrected chi connectivity index (χ1v) is 9.06. The molecule has 3 rings (SSSR count). The summed E-state index contributed by atoms with van der Waals surface area (Å²) in [6.07, 6.45) is 0. The van der Waals surface area contributed by atoms with E-state index in [-0.39, 0.29) is 0 Å². The molecular weight excluding hydrogens is 368 g/mol. The number of thioether (sulfide) groups is 1. The molecule has 2 aromatic carbocycles. The van der Waals surface area contributed by atoms with E-state index in [1.165, 1.54) is 18.9 Å². The maximum Gasteiger partial charge on any atom is 0.337 e. The molecule has 0 fully saturated rings. The van der Waals surface area contributed by atoms with Crippen molar-refractivity contribution in [3.8, 4) is 17.2 Å². The predicted molar refractivity (Wildman–Crippen MR) is 99.7 cm³/mol. The number of rotatable bonds is 8. The standard InChI is InChI=1S/C18H18N4O4S/c1-24-15-8-6-14(7-9-15)22-18(19-20-21-22)27-11-10-26-16-5-3-4-13(12-16)17(23)25-2/h3-9,12H,10-11H2,1-2H3. The molecule has 0 aliphatic heterocycles. The lowest BCUT2D eigenvalue weighted by Crippen LogP contribution is -2.05. The van der Waals surface area contributed by atoms with Gasteiger partial charge in [-0.3, -0.25) is 0 Å². The molecule has 1 aromatic heterocycles. The number of nitrogens with zero attached hydrogens (tertiary/aromatic N) is 4. The summed E-state index contributed by atoms with van der Waals surface area (Å²) in [6.45, 7) is 0.435. The summed E-state index contributed by atoms with van der Waals surface area (Å²) in [7, 11) is 2.97. The Kier molecular flexibility index (Phi) is 6.26. The lowest BCUT2D eigenvalue weighted by atomic mass is 10.2. The van der Waals surface area contributed by atoms with Crippen LogP contribution in [0.25, 0.3) is 5.69 Å². The zero-order valence-electron chi connectivity index (χ0n) is 14.9. The highest BCUT2D eigenvalue weighted by atomic mass is 32.2. The number of ether oxygens (including phenoxy) is 3. The van der Waals surface area contributed by atoms with Gasteiger partial charge in [0.2, 0.25) is 5.16 Å². The van der Waals surface area contributed by atoms with Crippen LogP contribution in [0.15, 0.2) is 53.7 Å². The Labute approximate surface area is 160 Å². The number of carbonyl (C=O) groups is 1. The molecule has 0 spiro atoms. The van der Waals surface area contributed by atoms with Gasteiger partial charge in [0.05, 0.1) is 32.1 Å². The third kappa shape index (κ3) is 4.76. The number of methoxy groups -OCH3 is 2. The van der Waals surface area contributed by atoms with Crippen LogP contribution in [0.5, 0.6) is 11.5 Å². The molecule has 0 radical (unpaired) electrons. The average molecular weight is 386 g/mol. The van der Waals surface area contributed by atoms with E-state index in [1.807, 2.05) is 24.3 Å². The Morgan fingerprint density at radius 2 is 1.93 bits per heavy atom. The summed E-state index contributed by atoms with van der Waals surface area (Å²) in [5, 5.41) is 12.5. The smallest absolute Gasteiger partial charge is 0.337 e. The number of aromatic nitrogens is 4. The van der Waals surface area contributed by atoms with Crippen molar-refractivity contribution in [1.29, 1.82) is 0 Å². The third-order valence-electron chi connectivity index (χ3n) is 3.60. The summed E-state index contributed by atoms with van der Waals surface area (Å²) in [5.41, 5.74) is 1.29. The van der Waals surface area contributed by atoms with E-state index in [4.69, 9.17) is 14.2 Å². The van der Waals surface area contributed by atoms with Gasteiger partial charge in [-0.2, -0.15) is 4.68 Å². The SMILES string of the molecule is COC(=O)c1cccc(OCCSc2nnnn2-c2ccc(OC)cc2)c1. The van der Waals surface area contributed by atoms with Crippen LogP contribution in [-0.4, -0.2) is 52.8 Å². The first-order chi connectivity index (χ1) is 13.2. The van der Waals surface area contributed by atoms with Crippen molar-refractivity contribution in [2.24, 2.45) is 0 Å². The van der Waals surface area contributed by atoms with E-state index in [0.717, 1.165) is 11.4 Å². The number of benzene rings is 2. The van der Waals surface area contributed by atoms with Gasteiger partial charge in [0, 0.05) is 5.75 Å². The minimum atomic E-state index is -0.395. The maximum atomic E-state index is 11.5. The Bertz CT molecular complexity index is 898. The minimum absolute atomic E-state index is 0.395. The van der Waals surface area contributed by atoms with Crippen molar-refractivity contribution < 1.29 is 19.0 Å². The van der Waals surface area contributed by atoms with Crippen LogP contribution in [0, 0.1) is 0 Å². The lowest BCUT2D eigenvalue weighted by molar-refractivity contribution is 0.0600. The number of carbonyl (C=O) groups excluding carboxylic acids is 1. The van der Waals surface area contributed by atoms with E-state index >= 15 is 0 Å². The van der Waals surface area contributed by atoms with Crippen molar-refractivity contribution >= 4 is 17.7 Å². The van der Waals surface area contributed by atoms with Gasteiger partial charge in [-0.1, -0.05) is 17.8 Å². The van der Waals surface area contributed by atoms with Crippen LogP contribution >= 0.6 is 11.8 Å². The largest absolute Gasteiger partial charge is 0.497 e. The first-order valence-electron chi connectivity index (χ1n) is 8.08. The van der Waals surface area contributed by atoms with Crippen molar-refractivity contribution in [1.82, 2.24) is 20.2 Å². The number of hydrogen-bond acceptors (Lipinski definition) is 8. The fourth-order valence-electron chi connectivity index (χ4n) is 2.28. The molecule has 0 saturated heterocycles. The summed E-state index contributed by atoms with van der Waals surface area (Å²) in [6, 6.07) is 14.3. The van der Waals surface area contributed by atoms with Crippen molar-refractivity contribution in [3.63, 3.8) is 0 Å².